The van der Waals surface area contributed by atoms with Crippen LogP contribution < -0.4 is 0 Å². The lowest BCUT2D eigenvalue weighted by atomic mass is 9.91. The van der Waals surface area contributed by atoms with Crippen molar-refractivity contribution in [3.63, 3.8) is 0 Å². The topological polar surface area (TPSA) is 26.3 Å². The summed E-state index contributed by atoms with van der Waals surface area (Å²) in [7, 11) is 0. The van der Waals surface area contributed by atoms with Gasteiger partial charge in [-0.2, -0.15) is 0 Å². The van der Waals surface area contributed by atoms with E-state index in [0.717, 1.165) is 24.8 Å². The van der Waals surface area contributed by atoms with Crippen molar-refractivity contribution in [2.24, 2.45) is 0 Å². The van der Waals surface area contributed by atoms with Gasteiger partial charge in [0, 0.05) is 5.88 Å². The van der Waals surface area contributed by atoms with E-state index >= 15 is 0 Å². The number of aryl methyl sites for hydroxylation is 1. The predicted molar refractivity (Wildman–Crippen MR) is 129 cm³/mol. The number of alkyl halides is 1. The smallest absolute Gasteiger partial charge is 0.338 e. The fourth-order valence-corrected chi connectivity index (χ4v) is 4.59. The molecule has 0 aliphatic rings. The Morgan fingerprint density at radius 2 is 1.42 bits per heavy atom. The molecule has 0 atom stereocenters. The molecular weight excluding hydrogens is 404 g/mol. The third kappa shape index (κ3) is 3.84. The van der Waals surface area contributed by atoms with Gasteiger partial charge in [-0.1, -0.05) is 66.7 Å². The monoisotopic (exact) mass is 426 g/mol. The van der Waals surface area contributed by atoms with Crippen LogP contribution in [0.1, 0.15) is 34.3 Å². The maximum atomic E-state index is 12.2. The molecule has 5 aromatic carbocycles. The average Bonchev–Trinajstić information content (AvgIpc) is 2.83. The summed E-state index contributed by atoms with van der Waals surface area (Å²) in [6, 6.07) is 27.1. The highest BCUT2D eigenvalue weighted by atomic mass is 35.5. The SMILES string of the molecule is O=C(OCCCCc1ccc2ccc3cccc4ccc1c2c34)c1ccc(CCl)cc1. The summed E-state index contributed by atoms with van der Waals surface area (Å²) in [6.07, 6.45) is 2.78. The maximum Gasteiger partial charge on any atom is 0.338 e. The normalized spacial score (nSPS) is 11.5. The van der Waals surface area contributed by atoms with Gasteiger partial charge >= 0.3 is 5.97 Å². The van der Waals surface area contributed by atoms with Crippen molar-refractivity contribution >= 4 is 49.9 Å². The third-order valence-electron chi connectivity index (χ3n) is 6.04. The van der Waals surface area contributed by atoms with Gasteiger partial charge < -0.3 is 4.74 Å². The Morgan fingerprint density at radius 1 is 0.742 bits per heavy atom. The van der Waals surface area contributed by atoms with Crippen molar-refractivity contribution in [3.8, 4) is 0 Å². The molecule has 0 spiro atoms. The molecule has 0 radical (unpaired) electrons. The molecular formula is C28H23ClO2. The first-order valence-electron chi connectivity index (χ1n) is 10.7. The number of benzene rings is 5. The van der Waals surface area contributed by atoms with Crippen LogP contribution in [0.2, 0.25) is 0 Å². The summed E-state index contributed by atoms with van der Waals surface area (Å²) in [4.78, 5) is 12.2. The van der Waals surface area contributed by atoms with Crippen molar-refractivity contribution in [2.45, 2.75) is 25.1 Å². The summed E-state index contributed by atoms with van der Waals surface area (Å²) < 4.78 is 5.45. The zero-order valence-electron chi connectivity index (χ0n) is 17.2. The molecule has 0 aromatic heterocycles. The Balaban J connectivity index is 1.25. The van der Waals surface area contributed by atoms with E-state index in [9.17, 15) is 4.79 Å². The van der Waals surface area contributed by atoms with Gasteiger partial charge in [0.25, 0.3) is 0 Å². The molecule has 5 aromatic rings. The quantitative estimate of drug-likeness (QED) is 0.116. The van der Waals surface area contributed by atoms with Gasteiger partial charge in [-0.15, -0.1) is 11.6 Å². The number of esters is 1. The molecule has 0 bridgehead atoms. The zero-order chi connectivity index (χ0) is 21.2. The zero-order valence-corrected chi connectivity index (χ0v) is 18.0. The van der Waals surface area contributed by atoms with Crippen LogP contribution in [0, 0.1) is 0 Å². The highest BCUT2D eigenvalue weighted by Crippen LogP contribution is 2.36. The number of halogens is 1. The second kappa shape index (κ2) is 8.56. The van der Waals surface area contributed by atoms with Crippen LogP contribution in [0.5, 0.6) is 0 Å². The number of ether oxygens (including phenoxy) is 1. The predicted octanol–water partition coefficient (Wildman–Crippen LogP) is 7.50. The Labute approximate surface area is 186 Å². The van der Waals surface area contributed by atoms with Crippen LogP contribution in [-0.2, 0) is 17.0 Å². The van der Waals surface area contributed by atoms with Gasteiger partial charge in [-0.25, -0.2) is 4.79 Å². The Kier molecular flexibility index (Phi) is 5.48. The number of carbonyl (C=O) groups is 1. The van der Waals surface area contributed by atoms with Crippen molar-refractivity contribution in [1.82, 2.24) is 0 Å². The summed E-state index contributed by atoms with van der Waals surface area (Å²) in [5.41, 5.74) is 2.92. The van der Waals surface area contributed by atoms with Crippen LogP contribution >= 0.6 is 11.6 Å². The van der Waals surface area contributed by atoms with Gasteiger partial charge in [-0.05, 0) is 74.8 Å². The first kappa shape index (κ1) is 19.8. The molecule has 0 aliphatic heterocycles. The van der Waals surface area contributed by atoms with Crippen molar-refractivity contribution < 1.29 is 9.53 Å². The van der Waals surface area contributed by atoms with E-state index in [0.29, 0.717) is 18.1 Å². The van der Waals surface area contributed by atoms with Crippen LogP contribution in [0.15, 0.2) is 78.9 Å². The van der Waals surface area contributed by atoms with Gasteiger partial charge in [0.1, 0.15) is 0 Å². The number of hydrogen-bond donors (Lipinski definition) is 0. The maximum absolute atomic E-state index is 12.2. The summed E-state index contributed by atoms with van der Waals surface area (Å²) in [5.74, 6) is 0.169. The van der Waals surface area contributed by atoms with E-state index in [1.807, 2.05) is 12.1 Å². The molecule has 0 amide bonds. The number of rotatable bonds is 7. The molecule has 0 unspecified atom stereocenters. The van der Waals surface area contributed by atoms with Gasteiger partial charge in [0.2, 0.25) is 0 Å². The van der Waals surface area contributed by atoms with Gasteiger partial charge in [0.15, 0.2) is 0 Å². The van der Waals surface area contributed by atoms with E-state index in [2.05, 4.69) is 54.6 Å². The number of hydrogen-bond acceptors (Lipinski definition) is 2. The van der Waals surface area contributed by atoms with Crippen LogP contribution in [0.3, 0.4) is 0 Å². The Morgan fingerprint density at radius 3 is 2.16 bits per heavy atom. The minimum atomic E-state index is -0.274. The van der Waals surface area contributed by atoms with Crippen molar-refractivity contribution in [3.05, 3.63) is 95.6 Å². The first-order chi connectivity index (χ1) is 15.2. The Bertz CT molecular complexity index is 1340. The molecule has 0 saturated carbocycles. The minimum Gasteiger partial charge on any atom is -0.462 e. The number of unbranched alkanes of at least 4 members (excludes halogenated alkanes) is 1. The fourth-order valence-electron chi connectivity index (χ4n) is 4.41. The molecule has 3 heteroatoms. The van der Waals surface area contributed by atoms with E-state index in [-0.39, 0.29) is 5.97 Å². The lowest BCUT2D eigenvalue weighted by Gasteiger charge is -2.14. The van der Waals surface area contributed by atoms with Crippen LogP contribution in [0.25, 0.3) is 32.3 Å². The molecule has 0 N–H and O–H groups in total. The molecule has 31 heavy (non-hydrogen) atoms. The summed E-state index contributed by atoms with van der Waals surface area (Å²) in [6.45, 7) is 0.432. The molecule has 2 nitrogen and oxygen atoms in total. The standard InChI is InChI=1S/C28H23ClO2/c29-18-19-7-9-24(10-8-19)28(30)31-17-2-1-4-20-11-12-23-14-13-21-5-3-6-22-15-16-25(20)27(23)26(21)22/h3,5-16H,1-2,4,17-18H2. The second-order valence-electron chi connectivity index (χ2n) is 8.00. The Hall–Kier alpha value is -3.10. The second-order valence-corrected chi connectivity index (χ2v) is 8.27. The minimum absolute atomic E-state index is 0.274. The fraction of sp³-hybridized carbons (Fsp3) is 0.179. The number of carbonyl (C=O) groups excluding carboxylic acids is 1. The lowest BCUT2D eigenvalue weighted by molar-refractivity contribution is 0.0498. The third-order valence-corrected chi connectivity index (χ3v) is 6.35. The van der Waals surface area contributed by atoms with Gasteiger partial charge in [-0.3, -0.25) is 0 Å². The first-order valence-corrected chi connectivity index (χ1v) is 11.3. The van der Waals surface area contributed by atoms with Crippen LogP contribution in [0.4, 0.5) is 0 Å². The molecule has 0 saturated heterocycles. The van der Waals surface area contributed by atoms with Crippen molar-refractivity contribution in [1.29, 1.82) is 0 Å². The van der Waals surface area contributed by atoms with E-state index < -0.39 is 0 Å². The van der Waals surface area contributed by atoms with E-state index in [4.69, 9.17) is 16.3 Å². The van der Waals surface area contributed by atoms with E-state index in [1.165, 1.54) is 37.9 Å². The summed E-state index contributed by atoms with van der Waals surface area (Å²) in [5, 5.41) is 7.92. The van der Waals surface area contributed by atoms with Crippen molar-refractivity contribution in [2.75, 3.05) is 6.61 Å². The lowest BCUT2D eigenvalue weighted by Crippen LogP contribution is -2.06. The highest BCUT2D eigenvalue weighted by Gasteiger charge is 2.11. The summed E-state index contributed by atoms with van der Waals surface area (Å²) >= 11 is 5.79. The van der Waals surface area contributed by atoms with Gasteiger partial charge in [0.05, 0.1) is 12.2 Å². The average molecular weight is 427 g/mol. The molecule has 5 rings (SSSR count). The molecule has 0 fully saturated rings. The molecule has 0 heterocycles. The van der Waals surface area contributed by atoms with Crippen LogP contribution in [-0.4, -0.2) is 12.6 Å². The molecule has 154 valence electrons. The highest BCUT2D eigenvalue weighted by molar-refractivity contribution is 6.23. The largest absolute Gasteiger partial charge is 0.462 e. The van der Waals surface area contributed by atoms with E-state index in [1.54, 1.807) is 12.1 Å². The molecule has 0 aliphatic carbocycles.